The molecule has 0 atom stereocenters. The van der Waals surface area contributed by atoms with Crippen LogP contribution in [0.1, 0.15) is 55.1 Å². The first kappa shape index (κ1) is 28.6. The maximum absolute atomic E-state index is 14.1. The van der Waals surface area contributed by atoms with Gasteiger partial charge in [0.15, 0.2) is 0 Å². The molecule has 1 aromatic heterocycles. The maximum atomic E-state index is 14.1. The van der Waals surface area contributed by atoms with E-state index in [0.717, 1.165) is 22.0 Å². The van der Waals surface area contributed by atoms with Crippen molar-refractivity contribution < 1.29 is 19.1 Å². The summed E-state index contributed by atoms with van der Waals surface area (Å²) >= 11 is 0. The highest BCUT2D eigenvalue weighted by Gasteiger charge is 2.29. The molecular formula is C34H34N4O4. The third kappa shape index (κ3) is 6.87. The van der Waals surface area contributed by atoms with Crippen LogP contribution in [0.5, 0.6) is 5.75 Å². The van der Waals surface area contributed by atoms with E-state index in [0.29, 0.717) is 49.4 Å². The number of nitriles is 1. The smallest absolute Gasteiger partial charge is 0.410 e. The summed E-state index contributed by atoms with van der Waals surface area (Å²) in [6.07, 6.45) is 3.93. The van der Waals surface area contributed by atoms with E-state index >= 15 is 0 Å². The van der Waals surface area contributed by atoms with Crippen LogP contribution >= 0.6 is 0 Å². The highest BCUT2D eigenvalue weighted by molar-refractivity contribution is 6.07. The quantitative estimate of drug-likeness (QED) is 0.259. The van der Waals surface area contributed by atoms with E-state index in [1.165, 1.54) is 0 Å². The molecule has 0 N–H and O–H groups in total. The topological polar surface area (TPSA) is 95.8 Å². The molecule has 5 rings (SSSR count). The van der Waals surface area contributed by atoms with Gasteiger partial charge in [-0.15, -0.1) is 0 Å². The zero-order chi connectivity index (χ0) is 29.7. The fourth-order valence-corrected chi connectivity index (χ4v) is 4.99. The van der Waals surface area contributed by atoms with E-state index in [4.69, 9.17) is 9.47 Å². The monoisotopic (exact) mass is 562 g/mol. The SMILES string of the molecule is CC(C)(C)OC(=O)N1CCC(Oc2ccncc2C(=O)N(Cc2ccc3ccc(C#N)cc3c2)c2ccccc2)CC1. The van der Waals surface area contributed by atoms with Crippen LogP contribution in [-0.2, 0) is 11.3 Å². The Morgan fingerprint density at radius 1 is 1.00 bits per heavy atom. The average Bonchev–Trinajstić information content (AvgIpc) is 2.99. The highest BCUT2D eigenvalue weighted by Crippen LogP contribution is 2.28. The van der Waals surface area contributed by atoms with Crippen molar-refractivity contribution in [2.45, 2.75) is 51.9 Å². The molecule has 0 bridgehead atoms. The molecule has 0 aliphatic carbocycles. The molecule has 8 heteroatoms. The Labute approximate surface area is 246 Å². The summed E-state index contributed by atoms with van der Waals surface area (Å²) in [5.41, 5.74) is 2.08. The number of pyridine rings is 1. The molecule has 1 aliphatic heterocycles. The molecule has 214 valence electrons. The van der Waals surface area contributed by atoms with Crippen molar-refractivity contribution >= 4 is 28.5 Å². The third-order valence-electron chi connectivity index (χ3n) is 7.09. The van der Waals surface area contributed by atoms with E-state index in [1.54, 1.807) is 34.3 Å². The summed E-state index contributed by atoms with van der Waals surface area (Å²) in [4.78, 5) is 34.3. The first-order valence-electron chi connectivity index (χ1n) is 14.1. The molecule has 0 radical (unpaired) electrons. The largest absolute Gasteiger partial charge is 0.489 e. The van der Waals surface area contributed by atoms with Crippen molar-refractivity contribution in [3.05, 3.63) is 102 Å². The van der Waals surface area contributed by atoms with Crippen LogP contribution in [0.2, 0.25) is 0 Å². The predicted molar refractivity (Wildman–Crippen MR) is 161 cm³/mol. The Kier molecular flexibility index (Phi) is 8.39. The molecule has 4 aromatic rings. The molecule has 1 saturated heterocycles. The number of rotatable bonds is 6. The maximum Gasteiger partial charge on any atom is 0.410 e. The molecule has 2 amide bonds. The number of nitrogens with zero attached hydrogens (tertiary/aromatic N) is 4. The van der Waals surface area contributed by atoms with Gasteiger partial charge in [0.25, 0.3) is 5.91 Å². The molecule has 42 heavy (non-hydrogen) atoms. The fourth-order valence-electron chi connectivity index (χ4n) is 4.99. The number of fused-ring (bicyclic) bond motifs is 1. The number of aromatic nitrogens is 1. The van der Waals surface area contributed by atoms with Crippen LogP contribution in [0, 0.1) is 11.3 Å². The Balaban J connectivity index is 1.36. The second-order valence-corrected chi connectivity index (χ2v) is 11.4. The average molecular weight is 563 g/mol. The normalized spacial score (nSPS) is 13.8. The van der Waals surface area contributed by atoms with Gasteiger partial charge in [-0.1, -0.05) is 36.4 Å². The summed E-state index contributed by atoms with van der Waals surface area (Å²) in [6, 6.07) is 25.0. The van der Waals surface area contributed by atoms with Gasteiger partial charge in [-0.05, 0) is 73.5 Å². The van der Waals surface area contributed by atoms with Gasteiger partial charge in [-0.25, -0.2) is 4.79 Å². The number of benzene rings is 3. The molecule has 2 heterocycles. The van der Waals surface area contributed by atoms with Crippen molar-refractivity contribution in [1.29, 1.82) is 5.26 Å². The van der Waals surface area contributed by atoms with Crippen molar-refractivity contribution in [2.24, 2.45) is 0 Å². The fraction of sp³-hybridized carbons (Fsp3) is 0.294. The van der Waals surface area contributed by atoms with E-state index in [1.807, 2.05) is 81.4 Å². The Bertz CT molecular complexity index is 1620. The molecule has 1 aliphatic rings. The summed E-state index contributed by atoms with van der Waals surface area (Å²) in [5, 5.41) is 11.3. The zero-order valence-corrected chi connectivity index (χ0v) is 24.1. The lowest BCUT2D eigenvalue weighted by Crippen LogP contribution is -2.44. The summed E-state index contributed by atoms with van der Waals surface area (Å²) in [5.74, 6) is 0.227. The van der Waals surface area contributed by atoms with Gasteiger partial charge < -0.3 is 19.3 Å². The molecule has 3 aromatic carbocycles. The Morgan fingerprint density at radius 3 is 2.45 bits per heavy atom. The number of para-hydroxylation sites is 1. The molecule has 0 unspecified atom stereocenters. The van der Waals surface area contributed by atoms with Gasteiger partial charge in [-0.2, -0.15) is 5.26 Å². The zero-order valence-electron chi connectivity index (χ0n) is 24.1. The second kappa shape index (κ2) is 12.3. The lowest BCUT2D eigenvalue weighted by molar-refractivity contribution is 0.0126. The highest BCUT2D eigenvalue weighted by atomic mass is 16.6. The lowest BCUT2D eigenvalue weighted by Gasteiger charge is -2.33. The van der Waals surface area contributed by atoms with Crippen LogP contribution in [0.15, 0.2) is 85.2 Å². The molecule has 1 fully saturated rings. The van der Waals surface area contributed by atoms with Crippen LogP contribution in [0.3, 0.4) is 0 Å². The van der Waals surface area contributed by atoms with Crippen LogP contribution in [0.4, 0.5) is 10.5 Å². The third-order valence-corrected chi connectivity index (χ3v) is 7.09. The number of hydrogen-bond acceptors (Lipinski definition) is 6. The number of anilines is 1. The lowest BCUT2D eigenvalue weighted by atomic mass is 10.0. The second-order valence-electron chi connectivity index (χ2n) is 11.4. The van der Waals surface area contributed by atoms with Crippen molar-refractivity contribution in [1.82, 2.24) is 9.88 Å². The van der Waals surface area contributed by atoms with Crippen molar-refractivity contribution in [3.63, 3.8) is 0 Å². The molecule has 0 saturated carbocycles. The number of hydrogen-bond donors (Lipinski definition) is 0. The molecular weight excluding hydrogens is 528 g/mol. The Morgan fingerprint density at radius 2 is 1.74 bits per heavy atom. The van der Waals surface area contributed by atoms with E-state index in [9.17, 15) is 14.9 Å². The van der Waals surface area contributed by atoms with Crippen molar-refractivity contribution in [3.8, 4) is 11.8 Å². The van der Waals surface area contributed by atoms with E-state index in [2.05, 4.69) is 11.1 Å². The standard InChI is InChI=1S/C34H34N4O4/c1-34(2,3)42-33(40)37-17-14-29(15-18-37)41-31-13-16-36-22-30(31)32(39)38(28-7-5-4-6-8-28)23-25-10-12-26-11-9-24(21-35)19-27(26)20-25/h4-13,16,19-20,22,29H,14-15,17-18,23H2,1-3H3. The Hall–Kier alpha value is -4.90. The van der Waals surface area contributed by atoms with Gasteiger partial charge in [0.1, 0.15) is 23.0 Å². The minimum atomic E-state index is -0.548. The van der Waals surface area contributed by atoms with Gasteiger partial charge in [0, 0.05) is 44.0 Å². The number of piperidine rings is 1. The van der Waals surface area contributed by atoms with E-state index in [-0.39, 0.29) is 18.1 Å². The van der Waals surface area contributed by atoms with Gasteiger partial charge in [0.05, 0.1) is 18.2 Å². The predicted octanol–water partition coefficient (Wildman–Crippen LogP) is 6.73. The molecule has 0 spiro atoms. The summed E-state index contributed by atoms with van der Waals surface area (Å²) < 4.78 is 11.9. The number of ether oxygens (including phenoxy) is 2. The van der Waals surface area contributed by atoms with E-state index < -0.39 is 5.60 Å². The van der Waals surface area contributed by atoms with Gasteiger partial charge >= 0.3 is 6.09 Å². The van der Waals surface area contributed by atoms with Gasteiger partial charge in [-0.3, -0.25) is 9.78 Å². The number of likely N-dealkylation sites (tertiary alicyclic amines) is 1. The minimum absolute atomic E-state index is 0.155. The summed E-state index contributed by atoms with van der Waals surface area (Å²) in [6.45, 7) is 6.90. The number of amides is 2. The number of carbonyl (C=O) groups is 2. The summed E-state index contributed by atoms with van der Waals surface area (Å²) in [7, 11) is 0. The van der Waals surface area contributed by atoms with Crippen LogP contribution in [0.25, 0.3) is 10.8 Å². The first-order chi connectivity index (χ1) is 20.2. The molecule has 8 nitrogen and oxygen atoms in total. The minimum Gasteiger partial charge on any atom is -0.489 e. The van der Waals surface area contributed by atoms with Crippen LogP contribution < -0.4 is 9.64 Å². The van der Waals surface area contributed by atoms with Gasteiger partial charge in [0.2, 0.25) is 0 Å². The first-order valence-corrected chi connectivity index (χ1v) is 14.1. The van der Waals surface area contributed by atoms with Crippen LogP contribution in [-0.4, -0.2) is 46.7 Å². The van der Waals surface area contributed by atoms with Crippen molar-refractivity contribution in [2.75, 3.05) is 18.0 Å². The number of carbonyl (C=O) groups excluding carboxylic acids is 2.